The first-order chi connectivity index (χ1) is 11.4. The first-order valence-corrected chi connectivity index (χ1v) is 9.20. The van der Waals surface area contributed by atoms with Crippen LogP contribution in [-0.2, 0) is 4.74 Å². The summed E-state index contributed by atoms with van der Waals surface area (Å²) in [6.07, 6.45) is 2.12. The van der Waals surface area contributed by atoms with Gasteiger partial charge in [0.15, 0.2) is 5.69 Å². The molecule has 2 unspecified atom stereocenters. The minimum atomic E-state index is -0.948. The van der Waals surface area contributed by atoms with Gasteiger partial charge in [-0.25, -0.2) is 14.7 Å². The van der Waals surface area contributed by atoms with Crippen molar-refractivity contribution < 1.29 is 9.53 Å². The van der Waals surface area contributed by atoms with Crippen LogP contribution in [0.1, 0.15) is 16.1 Å². The highest BCUT2D eigenvalue weighted by Gasteiger charge is 2.46. The summed E-state index contributed by atoms with van der Waals surface area (Å²) >= 11 is 10.4. The molecular formula is C14H14BrClN4O3S. The van der Waals surface area contributed by atoms with Gasteiger partial charge in [0.25, 0.3) is 11.4 Å². The summed E-state index contributed by atoms with van der Waals surface area (Å²) < 4.78 is 5.36. The van der Waals surface area contributed by atoms with Gasteiger partial charge in [-0.15, -0.1) is 11.6 Å². The first-order valence-electron chi connectivity index (χ1n) is 7.05. The predicted molar refractivity (Wildman–Crippen MR) is 95.4 cm³/mol. The van der Waals surface area contributed by atoms with Gasteiger partial charge in [0.2, 0.25) is 0 Å². The number of nitrogens with zero attached hydrogens (tertiary/aromatic N) is 4. The van der Waals surface area contributed by atoms with E-state index >= 15 is 0 Å². The number of carbonyl (C=O) groups excluding carboxylic acids is 1. The Balaban J connectivity index is 1.87. The lowest BCUT2D eigenvalue weighted by Crippen LogP contribution is -2.50. The highest BCUT2D eigenvalue weighted by molar-refractivity contribution is 9.11. The lowest BCUT2D eigenvalue weighted by molar-refractivity contribution is 0.00497. The fourth-order valence-corrected chi connectivity index (χ4v) is 3.92. The van der Waals surface area contributed by atoms with Crippen molar-refractivity contribution in [3.63, 3.8) is 0 Å². The number of alkyl halides is 1. The number of rotatable bonds is 4. The van der Waals surface area contributed by atoms with E-state index in [9.17, 15) is 10.0 Å². The number of esters is 1. The molecule has 0 aromatic carbocycles. The molecule has 0 aliphatic carbocycles. The zero-order valence-corrected chi connectivity index (χ0v) is 15.8. The highest BCUT2D eigenvalue weighted by Crippen LogP contribution is 2.37. The molecular weight excluding hydrogens is 420 g/mol. The summed E-state index contributed by atoms with van der Waals surface area (Å²) in [7, 11) is 0. The van der Waals surface area contributed by atoms with E-state index in [4.69, 9.17) is 16.3 Å². The number of aromatic nitrogens is 2. The number of pyridine rings is 1. The molecule has 3 heterocycles. The fourth-order valence-electron chi connectivity index (χ4n) is 2.49. The average Bonchev–Trinajstić information content (AvgIpc) is 3.13. The second kappa shape index (κ2) is 7.03. The van der Waals surface area contributed by atoms with Crippen LogP contribution >= 0.6 is 38.9 Å². The van der Waals surface area contributed by atoms with Crippen molar-refractivity contribution in [2.45, 2.75) is 13.2 Å². The molecule has 3 rings (SSSR count). The number of thiazole rings is 1. The van der Waals surface area contributed by atoms with Crippen molar-refractivity contribution in [3.8, 4) is 0 Å². The summed E-state index contributed by atoms with van der Waals surface area (Å²) in [5, 5.41) is 13.6. The highest BCUT2D eigenvalue weighted by atomic mass is 79.9. The molecule has 2 atom stereocenters. The second-order valence-electron chi connectivity index (χ2n) is 5.39. The maximum Gasteiger partial charge on any atom is 0.361 e. The molecule has 1 saturated heterocycles. The lowest BCUT2D eigenvalue weighted by Gasteiger charge is -2.38. The number of carbonyl (C=O) groups is 1. The van der Waals surface area contributed by atoms with Gasteiger partial charge in [-0.3, -0.25) is 4.65 Å². The number of hydrogen-bond donors (Lipinski definition) is 0. The van der Waals surface area contributed by atoms with Gasteiger partial charge in [-0.2, -0.15) is 4.98 Å². The Labute approximate surface area is 156 Å². The van der Waals surface area contributed by atoms with Crippen LogP contribution < -0.4 is 4.65 Å². The lowest BCUT2D eigenvalue weighted by atomic mass is 10.2. The van der Waals surface area contributed by atoms with Crippen LogP contribution in [0.5, 0.6) is 0 Å². The molecule has 0 spiro atoms. The summed E-state index contributed by atoms with van der Waals surface area (Å²) in [4.78, 5) is 22.3. The Hall–Kier alpha value is -1.10. The largest absolute Gasteiger partial charge is 0.622 e. The number of quaternary nitrogens is 1. The van der Waals surface area contributed by atoms with Crippen molar-refractivity contribution in [2.75, 3.05) is 19.2 Å². The molecule has 0 bridgehead atoms. The summed E-state index contributed by atoms with van der Waals surface area (Å²) in [6, 6.07) is 3.67. The first kappa shape index (κ1) is 17.7. The van der Waals surface area contributed by atoms with Crippen LogP contribution in [0.2, 0.25) is 0 Å². The number of hydroxylamine groups is 2. The summed E-state index contributed by atoms with van der Waals surface area (Å²) in [5.74, 6) is -0.622. The Bertz CT molecular complexity index is 761. The molecule has 24 heavy (non-hydrogen) atoms. The summed E-state index contributed by atoms with van der Waals surface area (Å²) in [5.41, 5.74) is 0.893. The van der Waals surface area contributed by atoms with Gasteiger partial charge in [-0.1, -0.05) is 6.07 Å². The Morgan fingerprint density at radius 2 is 2.42 bits per heavy atom. The third-order valence-electron chi connectivity index (χ3n) is 3.69. The Kier molecular flexibility index (Phi) is 5.19. The van der Waals surface area contributed by atoms with Crippen LogP contribution in [0.15, 0.2) is 28.3 Å². The van der Waals surface area contributed by atoms with Crippen molar-refractivity contribution >= 4 is 50.0 Å². The SMILES string of the molecule is Cc1cccnc1C(=O)OC1CN(CCl)C[N+]1([O-])c1ncc(Br)s1. The molecule has 2 aromatic rings. The van der Waals surface area contributed by atoms with Crippen LogP contribution in [0, 0.1) is 12.1 Å². The number of hydrogen-bond acceptors (Lipinski definition) is 7. The minimum absolute atomic E-state index is 0.0720. The average molecular weight is 434 g/mol. The fraction of sp³-hybridized carbons (Fsp3) is 0.357. The van der Waals surface area contributed by atoms with E-state index in [2.05, 4.69) is 25.9 Å². The van der Waals surface area contributed by atoms with Gasteiger partial charge in [-0.05, 0) is 45.8 Å². The smallest absolute Gasteiger partial charge is 0.361 e. The van der Waals surface area contributed by atoms with Gasteiger partial charge >= 0.3 is 5.97 Å². The van der Waals surface area contributed by atoms with E-state index in [0.29, 0.717) is 10.7 Å². The predicted octanol–water partition coefficient (Wildman–Crippen LogP) is 3.07. The van der Waals surface area contributed by atoms with Gasteiger partial charge in [0, 0.05) is 6.20 Å². The minimum Gasteiger partial charge on any atom is -0.622 e. The maximum absolute atomic E-state index is 13.3. The molecule has 1 aliphatic rings. The molecule has 7 nitrogen and oxygen atoms in total. The van der Waals surface area contributed by atoms with Crippen LogP contribution in [0.4, 0.5) is 5.13 Å². The van der Waals surface area contributed by atoms with Crippen LogP contribution in [0.3, 0.4) is 0 Å². The Morgan fingerprint density at radius 1 is 1.62 bits per heavy atom. The maximum atomic E-state index is 13.3. The molecule has 1 fully saturated rings. The standard InChI is InChI=1S/C14H14BrClN4O3S/c1-9-3-2-4-17-12(9)13(21)23-11-6-19(7-16)8-20(11,22)14-18-5-10(15)24-14/h2-5,11H,6-8H2,1H3. The zero-order chi connectivity index (χ0) is 17.3. The quantitative estimate of drug-likeness (QED) is 0.242. The van der Waals surface area contributed by atoms with Crippen LogP contribution in [-0.4, -0.2) is 46.3 Å². The molecule has 128 valence electrons. The van der Waals surface area contributed by atoms with E-state index in [1.807, 2.05) is 0 Å². The number of halogens is 2. The summed E-state index contributed by atoms with van der Waals surface area (Å²) in [6.45, 7) is 2.07. The monoisotopic (exact) mass is 432 g/mol. The van der Waals surface area contributed by atoms with Crippen molar-refractivity contribution in [3.05, 3.63) is 44.8 Å². The van der Waals surface area contributed by atoms with E-state index < -0.39 is 16.8 Å². The number of ether oxygens (including phenoxy) is 1. The van der Waals surface area contributed by atoms with E-state index in [1.165, 1.54) is 17.5 Å². The number of aryl methyl sites for hydroxylation is 1. The molecule has 2 aromatic heterocycles. The molecule has 10 heteroatoms. The normalized spacial score (nSPS) is 24.2. The Morgan fingerprint density at radius 3 is 3.04 bits per heavy atom. The zero-order valence-electron chi connectivity index (χ0n) is 12.7. The molecule has 0 N–H and O–H groups in total. The second-order valence-corrected chi connectivity index (χ2v) is 8.01. The van der Waals surface area contributed by atoms with Crippen LogP contribution in [0.25, 0.3) is 0 Å². The van der Waals surface area contributed by atoms with E-state index in [0.717, 1.165) is 3.79 Å². The van der Waals surface area contributed by atoms with Crippen molar-refractivity contribution in [2.24, 2.45) is 0 Å². The van der Waals surface area contributed by atoms with Gasteiger partial charge < -0.3 is 9.94 Å². The van der Waals surface area contributed by atoms with E-state index in [-0.39, 0.29) is 24.9 Å². The van der Waals surface area contributed by atoms with E-state index in [1.54, 1.807) is 30.2 Å². The molecule has 0 saturated carbocycles. The molecule has 0 radical (unpaired) electrons. The van der Waals surface area contributed by atoms with Gasteiger partial charge in [0.1, 0.15) is 6.67 Å². The topological polar surface area (TPSA) is 78.4 Å². The molecule has 1 aliphatic heterocycles. The van der Waals surface area contributed by atoms with Crippen molar-refractivity contribution in [1.82, 2.24) is 19.5 Å². The van der Waals surface area contributed by atoms with Crippen molar-refractivity contribution in [1.29, 1.82) is 0 Å². The van der Waals surface area contributed by atoms with Gasteiger partial charge in [0.05, 0.1) is 22.5 Å². The third-order valence-corrected chi connectivity index (χ3v) is 5.62. The third kappa shape index (κ3) is 3.32. The molecule has 0 amide bonds.